The Labute approximate surface area is 122 Å². The van der Waals surface area contributed by atoms with Gasteiger partial charge in [-0.25, -0.2) is 4.98 Å². The summed E-state index contributed by atoms with van der Waals surface area (Å²) in [5, 5.41) is 9.33. The van der Waals surface area contributed by atoms with Gasteiger partial charge in [0.05, 0.1) is 12.8 Å². The van der Waals surface area contributed by atoms with Crippen LogP contribution in [0, 0.1) is 11.3 Å². The molecule has 3 aromatic rings. The van der Waals surface area contributed by atoms with Crippen LogP contribution in [0.4, 0.5) is 0 Å². The lowest BCUT2D eigenvalue weighted by molar-refractivity contribution is 0.416. The quantitative estimate of drug-likeness (QED) is 0.794. The molecule has 21 heavy (non-hydrogen) atoms. The van der Waals surface area contributed by atoms with E-state index in [0.29, 0.717) is 23.0 Å². The van der Waals surface area contributed by atoms with E-state index in [0.717, 1.165) is 11.1 Å². The van der Waals surface area contributed by atoms with Crippen molar-refractivity contribution >= 4 is 0 Å². The molecular formula is C17H13N3O. The first-order valence-electron chi connectivity index (χ1n) is 6.52. The molecule has 0 aliphatic heterocycles. The number of hydrogen-bond donors (Lipinski definition) is 1. The van der Waals surface area contributed by atoms with Gasteiger partial charge in [-0.05, 0) is 12.1 Å². The summed E-state index contributed by atoms with van der Waals surface area (Å²) in [6.45, 7) is 0. The zero-order valence-corrected chi connectivity index (χ0v) is 11.5. The Balaban J connectivity index is 2.16. The molecular weight excluding hydrogens is 262 g/mol. The number of aromatic amines is 1. The number of para-hydroxylation sites is 1. The number of nitriles is 1. The largest absolute Gasteiger partial charge is 0.496 e. The summed E-state index contributed by atoms with van der Waals surface area (Å²) in [6, 6.07) is 19.4. The molecule has 0 aliphatic carbocycles. The summed E-state index contributed by atoms with van der Waals surface area (Å²) in [6.07, 6.45) is 0. The van der Waals surface area contributed by atoms with Gasteiger partial charge in [0.1, 0.15) is 17.6 Å². The van der Waals surface area contributed by atoms with E-state index < -0.39 is 0 Å². The Morgan fingerprint density at radius 2 is 1.76 bits per heavy atom. The lowest BCUT2D eigenvalue weighted by atomic mass is 10.1. The van der Waals surface area contributed by atoms with Gasteiger partial charge in [-0.15, -0.1) is 0 Å². The third kappa shape index (κ3) is 2.37. The predicted molar refractivity (Wildman–Crippen MR) is 80.7 cm³/mol. The molecule has 1 aromatic heterocycles. The number of methoxy groups -OCH3 is 1. The fourth-order valence-corrected chi connectivity index (χ4v) is 2.23. The van der Waals surface area contributed by atoms with Crippen molar-refractivity contribution in [2.75, 3.05) is 7.11 Å². The molecule has 0 saturated carbocycles. The molecule has 0 fully saturated rings. The Kier molecular flexibility index (Phi) is 3.40. The zero-order chi connectivity index (χ0) is 14.7. The van der Waals surface area contributed by atoms with Crippen molar-refractivity contribution in [2.24, 2.45) is 0 Å². The van der Waals surface area contributed by atoms with Gasteiger partial charge in [-0.1, -0.05) is 42.5 Å². The summed E-state index contributed by atoms with van der Waals surface area (Å²) in [5.74, 6) is 1.38. The standard InChI is InChI=1S/C17H13N3O/c1-21-15-10-6-5-9-13(15)16-14(11-18)19-17(20-16)12-7-3-2-4-8-12/h2-10H,1H3,(H,19,20). The SMILES string of the molecule is COc1ccccc1-c1[nH]c(-c2ccccc2)nc1C#N. The monoisotopic (exact) mass is 275 g/mol. The van der Waals surface area contributed by atoms with Crippen LogP contribution in [0.3, 0.4) is 0 Å². The van der Waals surface area contributed by atoms with Gasteiger partial charge < -0.3 is 9.72 Å². The maximum absolute atomic E-state index is 9.33. The predicted octanol–water partition coefficient (Wildman–Crippen LogP) is 3.62. The first kappa shape index (κ1) is 12.9. The second kappa shape index (κ2) is 5.51. The minimum Gasteiger partial charge on any atom is -0.496 e. The van der Waals surface area contributed by atoms with Crippen molar-refractivity contribution in [2.45, 2.75) is 0 Å². The molecule has 102 valence electrons. The van der Waals surface area contributed by atoms with Crippen LogP contribution in [0.15, 0.2) is 54.6 Å². The third-order valence-electron chi connectivity index (χ3n) is 3.23. The third-order valence-corrected chi connectivity index (χ3v) is 3.23. The van der Waals surface area contributed by atoms with E-state index >= 15 is 0 Å². The number of hydrogen-bond acceptors (Lipinski definition) is 3. The average Bonchev–Trinajstić information content (AvgIpc) is 2.99. The van der Waals surface area contributed by atoms with Crippen LogP contribution in [0.5, 0.6) is 5.75 Å². The number of benzene rings is 2. The van der Waals surface area contributed by atoms with Crippen LogP contribution < -0.4 is 4.74 Å². The highest BCUT2D eigenvalue weighted by molar-refractivity contribution is 5.74. The summed E-state index contributed by atoms with van der Waals surface area (Å²) < 4.78 is 5.36. The molecule has 0 amide bonds. The topological polar surface area (TPSA) is 61.7 Å². The molecule has 3 rings (SSSR count). The van der Waals surface area contributed by atoms with Gasteiger partial charge >= 0.3 is 0 Å². The molecule has 0 atom stereocenters. The van der Waals surface area contributed by atoms with E-state index in [-0.39, 0.29) is 0 Å². The van der Waals surface area contributed by atoms with Crippen molar-refractivity contribution in [1.82, 2.24) is 9.97 Å². The highest BCUT2D eigenvalue weighted by atomic mass is 16.5. The van der Waals surface area contributed by atoms with E-state index in [2.05, 4.69) is 16.0 Å². The Morgan fingerprint density at radius 1 is 1.05 bits per heavy atom. The maximum atomic E-state index is 9.33. The number of rotatable bonds is 3. The molecule has 2 aromatic carbocycles. The van der Waals surface area contributed by atoms with Gasteiger partial charge in [0.15, 0.2) is 5.69 Å². The van der Waals surface area contributed by atoms with Crippen LogP contribution in [-0.2, 0) is 0 Å². The summed E-state index contributed by atoms with van der Waals surface area (Å²) in [4.78, 5) is 7.60. The van der Waals surface area contributed by atoms with Gasteiger partial charge in [-0.2, -0.15) is 5.26 Å². The molecule has 4 heteroatoms. The summed E-state index contributed by atoms with van der Waals surface area (Å²) >= 11 is 0. The number of imidazole rings is 1. The van der Waals surface area contributed by atoms with Crippen molar-refractivity contribution in [3.8, 4) is 34.5 Å². The van der Waals surface area contributed by atoms with Gasteiger partial charge in [0.2, 0.25) is 0 Å². The first-order valence-corrected chi connectivity index (χ1v) is 6.52. The van der Waals surface area contributed by atoms with Crippen LogP contribution >= 0.6 is 0 Å². The van der Waals surface area contributed by atoms with E-state index in [1.165, 1.54) is 0 Å². The first-order chi connectivity index (χ1) is 10.3. The molecule has 1 N–H and O–H groups in total. The van der Waals surface area contributed by atoms with Crippen molar-refractivity contribution in [3.05, 3.63) is 60.3 Å². The minimum absolute atomic E-state index is 0.360. The lowest BCUT2D eigenvalue weighted by Gasteiger charge is -2.06. The van der Waals surface area contributed by atoms with E-state index in [1.807, 2.05) is 54.6 Å². The lowest BCUT2D eigenvalue weighted by Crippen LogP contribution is -1.89. The fourth-order valence-electron chi connectivity index (χ4n) is 2.23. The molecule has 4 nitrogen and oxygen atoms in total. The van der Waals surface area contributed by atoms with E-state index in [1.54, 1.807) is 7.11 Å². The minimum atomic E-state index is 0.360. The summed E-state index contributed by atoms with van der Waals surface area (Å²) in [7, 11) is 1.61. The smallest absolute Gasteiger partial charge is 0.167 e. The number of nitrogens with one attached hydrogen (secondary N) is 1. The zero-order valence-electron chi connectivity index (χ0n) is 11.5. The molecule has 0 spiro atoms. The number of ether oxygens (including phenoxy) is 1. The van der Waals surface area contributed by atoms with Crippen LogP contribution in [0.1, 0.15) is 5.69 Å². The summed E-state index contributed by atoms with van der Waals surface area (Å²) in [5.41, 5.74) is 2.80. The number of H-pyrrole nitrogens is 1. The van der Waals surface area contributed by atoms with E-state index in [4.69, 9.17) is 4.74 Å². The number of aromatic nitrogens is 2. The van der Waals surface area contributed by atoms with Crippen LogP contribution in [-0.4, -0.2) is 17.1 Å². The molecule has 1 heterocycles. The van der Waals surface area contributed by atoms with Gasteiger partial charge in [-0.3, -0.25) is 0 Å². The second-order valence-corrected chi connectivity index (χ2v) is 4.49. The maximum Gasteiger partial charge on any atom is 0.167 e. The van der Waals surface area contributed by atoms with Crippen LogP contribution in [0.25, 0.3) is 22.6 Å². The highest BCUT2D eigenvalue weighted by Crippen LogP contribution is 2.32. The average molecular weight is 275 g/mol. The van der Waals surface area contributed by atoms with Crippen molar-refractivity contribution in [1.29, 1.82) is 5.26 Å². The van der Waals surface area contributed by atoms with Crippen molar-refractivity contribution in [3.63, 3.8) is 0 Å². The highest BCUT2D eigenvalue weighted by Gasteiger charge is 2.15. The fraction of sp³-hybridized carbons (Fsp3) is 0.0588. The van der Waals surface area contributed by atoms with Crippen molar-refractivity contribution < 1.29 is 4.74 Å². The Bertz CT molecular complexity index is 800. The number of nitrogens with zero attached hydrogens (tertiary/aromatic N) is 2. The molecule has 0 unspecified atom stereocenters. The van der Waals surface area contributed by atoms with E-state index in [9.17, 15) is 5.26 Å². The normalized spacial score (nSPS) is 10.1. The Hall–Kier alpha value is -3.06. The molecule has 0 saturated heterocycles. The molecule has 0 bridgehead atoms. The van der Waals surface area contributed by atoms with Gasteiger partial charge in [0, 0.05) is 11.1 Å². The second-order valence-electron chi connectivity index (χ2n) is 4.49. The van der Waals surface area contributed by atoms with Crippen LogP contribution in [0.2, 0.25) is 0 Å². The van der Waals surface area contributed by atoms with Gasteiger partial charge in [0.25, 0.3) is 0 Å². The molecule has 0 radical (unpaired) electrons. The molecule has 0 aliphatic rings. The Morgan fingerprint density at radius 3 is 2.48 bits per heavy atom.